The molecule has 22 heavy (non-hydrogen) atoms. The van der Waals surface area contributed by atoms with Gasteiger partial charge in [0.1, 0.15) is 6.61 Å². The van der Waals surface area contributed by atoms with Gasteiger partial charge in [-0.05, 0) is 12.1 Å². The van der Waals surface area contributed by atoms with E-state index in [1.165, 1.54) is 18.3 Å². The maximum atomic E-state index is 11.7. The molecule has 1 amide bonds. The number of nitrogens with two attached hydrogens (primary N) is 1. The van der Waals surface area contributed by atoms with E-state index in [0.717, 1.165) is 12.1 Å². The standard InChI is InChI=1S/C11H11N3O6S2/c1-6(15)13-11-14-7(5-21-11)4-19-10(16)8-2-3-9(20-8)22(12,17)18/h2-3,5H,4H2,1H3,(H2,12,17,18)(H,13,14,15). The summed E-state index contributed by atoms with van der Waals surface area (Å²) in [5, 5.41) is 8.82. The van der Waals surface area contributed by atoms with E-state index in [-0.39, 0.29) is 18.3 Å². The van der Waals surface area contributed by atoms with Crippen molar-refractivity contribution in [1.82, 2.24) is 4.98 Å². The number of carbonyl (C=O) groups excluding carboxylic acids is 2. The highest BCUT2D eigenvalue weighted by Gasteiger charge is 2.18. The highest BCUT2D eigenvalue weighted by molar-refractivity contribution is 7.89. The SMILES string of the molecule is CC(=O)Nc1nc(COC(=O)c2ccc(S(N)(=O)=O)o2)cs1. The molecule has 11 heteroatoms. The maximum Gasteiger partial charge on any atom is 0.374 e. The molecule has 0 saturated carbocycles. The molecule has 0 saturated heterocycles. The zero-order valence-corrected chi connectivity index (χ0v) is 12.9. The zero-order valence-electron chi connectivity index (χ0n) is 11.2. The van der Waals surface area contributed by atoms with Gasteiger partial charge in [-0.25, -0.2) is 23.3 Å². The molecular weight excluding hydrogens is 334 g/mol. The third-order valence-corrected chi connectivity index (χ3v) is 3.84. The van der Waals surface area contributed by atoms with Gasteiger partial charge in [0, 0.05) is 12.3 Å². The van der Waals surface area contributed by atoms with Crippen molar-refractivity contribution in [1.29, 1.82) is 0 Å². The molecule has 2 aromatic rings. The minimum Gasteiger partial charge on any atom is -0.453 e. The number of aromatic nitrogens is 1. The Bertz CT molecular complexity index is 807. The first-order valence-corrected chi connectivity index (χ1v) is 8.20. The van der Waals surface area contributed by atoms with E-state index >= 15 is 0 Å². The number of rotatable bonds is 5. The average molecular weight is 345 g/mol. The fourth-order valence-electron chi connectivity index (χ4n) is 1.37. The first-order chi connectivity index (χ1) is 10.3. The molecule has 118 valence electrons. The van der Waals surface area contributed by atoms with Gasteiger partial charge in [-0.15, -0.1) is 11.3 Å². The molecule has 0 bridgehead atoms. The summed E-state index contributed by atoms with van der Waals surface area (Å²) < 4.78 is 31.8. The molecular formula is C11H11N3O6S2. The normalized spacial score (nSPS) is 11.2. The van der Waals surface area contributed by atoms with Gasteiger partial charge in [0.05, 0.1) is 5.69 Å². The number of esters is 1. The van der Waals surface area contributed by atoms with Crippen molar-refractivity contribution in [2.75, 3.05) is 5.32 Å². The third kappa shape index (κ3) is 4.13. The lowest BCUT2D eigenvalue weighted by molar-refractivity contribution is -0.114. The summed E-state index contributed by atoms with van der Waals surface area (Å²) in [6, 6.07) is 2.20. The first-order valence-electron chi connectivity index (χ1n) is 5.77. The fraction of sp³-hybridized carbons (Fsp3) is 0.182. The highest BCUT2D eigenvalue weighted by atomic mass is 32.2. The Morgan fingerprint density at radius 1 is 1.45 bits per heavy atom. The van der Waals surface area contributed by atoms with Gasteiger partial charge < -0.3 is 14.5 Å². The summed E-state index contributed by atoms with van der Waals surface area (Å²) in [5.74, 6) is -1.41. The van der Waals surface area contributed by atoms with Crippen molar-refractivity contribution in [2.24, 2.45) is 5.14 Å². The Morgan fingerprint density at radius 3 is 2.77 bits per heavy atom. The number of nitrogens with one attached hydrogen (secondary N) is 1. The van der Waals surface area contributed by atoms with Crippen LogP contribution in [-0.2, 0) is 26.2 Å². The lowest BCUT2D eigenvalue weighted by Crippen LogP contribution is -2.11. The number of anilines is 1. The summed E-state index contributed by atoms with van der Waals surface area (Å²) in [6.07, 6.45) is 0. The molecule has 0 atom stereocenters. The molecule has 2 aromatic heterocycles. The van der Waals surface area contributed by atoms with Gasteiger partial charge in [-0.1, -0.05) is 0 Å². The Hall–Kier alpha value is -2.24. The fourth-order valence-corrected chi connectivity index (χ4v) is 2.58. The topological polar surface area (TPSA) is 142 Å². The van der Waals surface area contributed by atoms with Crippen LogP contribution in [0.25, 0.3) is 0 Å². The second-order valence-corrected chi connectivity index (χ2v) is 6.42. The predicted molar refractivity (Wildman–Crippen MR) is 75.6 cm³/mol. The molecule has 0 aliphatic carbocycles. The molecule has 0 fully saturated rings. The van der Waals surface area contributed by atoms with Gasteiger partial charge in [-0.2, -0.15) is 0 Å². The summed E-state index contributed by atoms with van der Waals surface area (Å²) >= 11 is 1.18. The van der Waals surface area contributed by atoms with Gasteiger partial charge in [0.25, 0.3) is 10.0 Å². The highest BCUT2D eigenvalue weighted by Crippen LogP contribution is 2.17. The van der Waals surface area contributed by atoms with Crippen LogP contribution in [0.5, 0.6) is 0 Å². The van der Waals surface area contributed by atoms with Crippen molar-refractivity contribution in [3.63, 3.8) is 0 Å². The summed E-state index contributed by atoms with van der Waals surface area (Å²) in [5.41, 5.74) is 0.431. The van der Waals surface area contributed by atoms with E-state index in [1.54, 1.807) is 5.38 Å². The largest absolute Gasteiger partial charge is 0.453 e. The van der Waals surface area contributed by atoms with Gasteiger partial charge in [0.2, 0.25) is 16.8 Å². The van der Waals surface area contributed by atoms with E-state index in [2.05, 4.69) is 10.3 Å². The number of furan rings is 1. The summed E-state index contributed by atoms with van der Waals surface area (Å²) in [6.45, 7) is 1.20. The number of hydrogen-bond acceptors (Lipinski definition) is 8. The predicted octanol–water partition coefficient (Wildman–Crippen LogP) is 0.699. The van der Waals surface area contributed by atoms with Crippen molar-refractivity contribution in [3.8, 4) is 0 Å². The molecule has 0 spiro atoms. The van der Waals surface area contributed by atoms with E-state index in [4.69, 9.17) is 14.3 Å². The van der Waals surface area contributed by atoms with Crippen molar-refractivity contribution in [2.45, 2.75) is 18.6 Å². The van der Waals surface area contributed by atoms with Crippen molar-refractivity contribution in [3.05, 3.63) is 29.0 Å². The number of ether oxygens (including phenoxy) is 1. The average Bonchev–Trinajstić information content (AvgIpc) is 3.03. The maximum absolute atomic E-state index is 11.7. The van der Waals surface area contributed by atoms with Crippen LogP contribution in [0.3, 0.4) is 0 Å². The monoisotopic (exact) mass is 345 g/mol. The second kappa shape index (κ2) is 6.25. The molecule has 0 aromatic carbocycles. The van der Waals surface area contributed by atoms with Gasteiger partial charge in [0.15, 0.2) is 5.13 Å². The lowest BCUT2D eigenvalue weighted by atomic mass is 10.4. The number of thiazole rings is 1. The van der Waals surface area contributed by atoms with E-state index in [1.807, 2.05) is 0 Å². The Morgan fingerprint density at radius 2 is 2.18 bits per heavy atom. The van der Waals surface area contributed by atoms with Crippen molar-refractivity contribution >= 4 is 38.4 Å². The van der Waals surface area contributed by atoms with Crippen LogP contribution in [-0.4, -0.2) is 25.3 Å². The Labute approximate surface area is 129 Å². The smallest absolute Gasteiger partial charge is 0.374 e. The van der Waals surface area contributed by atoms with Crippen LogP contribution in [0.2, 0.25) is 0 Å². The number of sulfonamides is 1. The van der Waals surface area contributed by atoms with E-state index < -0.39 is 21.1 Å². The molecule has 3 N–H and O–H groups in total. The van der Waals surface area contributed by atoms with Crippen LogP contribution >= 0.6 is 11.3 Å². The molecule has 0 aliphatic rings. The Kier molecular flexibility index (Phi) is 4.59. The van der Waals surface area contributed by atoms with E-state index in [0.29, 0.717) is 10.8 Å². The zero-order chi connectivity index (χ0) is 16.3. The van der Waals surface area contributed by atoms with Crippen LogP contribution in [0.1, 0.15) is 23.2 Å². The number of amides is 1. The quantitative estimate of drug-likeness (QED) is 0.759. The minimum atomic E-state index is -4.02. The number of nitrogens with zero attached hydrogens (tertiary/aromatic N) is 1. The number of hydrogen-bond donors (Lipinski definition) is 2. The number of primary sulfonamides is 1. The number of carbonyl (C=O) groups is 2. The molecule has 2 rings (SSSR count). The minimum absolute atomic E-state index is 0.152. The van der Waals surface area contributed by atoms with Crippen molar-refractivity contribution < 1.29 is 27.2 Å². The lowest BCUT2D eigenvalue weighted by Gasteiger charge is -2.00. The van der Waals surface area contributed by atoms with E-state index in [9.17, 15) is 18.0 Å². The Balaban J connectivity index is 1.96. The third-order valence-electron chi connectivity index (χ3n) is 2.25. The van der Waals surface area contributed by atoms with Crippen LogP contribution in [0.4, 0.5) is 5.13 Å². The molecule has 2 heterocycles. The van der Waals surface area contributed by atoms with Crippen LogP contribution in [0.15, 0.2) is 27.0 Å². The summed E-state index contributed by atoms with van der Waals surface area (Å²) in [4.78, 5) is 26.6. The van der Waals surface area contributed by atoms with Crippen LogP contribution < -0.4 is 10.5 Å². The molecule has 0 radical (unpaired) electrons. The molecule has 0 unspecified atom stereocenters. The first kappa shape index (κ1) is 16.1. The summed E-state index contributed by atoms with van der Waals surface area (Å²) in [7, 11) is -4.02. The van der Waals surface area contributed by atoms with Gasteiger partial charge >= 0.3 is 5.97 Å². The second-order valence-electron chi connectivity index (χ2n) is 4.07. The van der Waals surface area contributed by atoms with Gasteiger partial charge in [-0.3, -0.25) is 4.79 Å². The molecule has 9 nitrogen and oxygen atoms in total. The van der Waals surface area contributed by atoms with Crippen LogP contribution in [0, 0.1) is 0 Å². The molecule has 0 aliphatic heterocycles.